The van der Waals surface area contributed by atoms with Gasteiger partial charge in [-0.2, -0.15) is 0 Å². The zero-order valence-corrected chi connectivity index (χ0v) is 9.93. The molecule has 0 spiro atoms. The molecule has 1 aliphatic carbocycles. The van der Waals surface area contributed by atoms with Gasteiger partial charge in [-0.15, -0.1) is 10.2 Å². The molecule has 3 aromatic heterocycles. The lowest BCUT2D eigenvalue weighted by Crippen LogP contribution is -2.16. The maximum atomic E-state index is 4.31. The first-order valence-electron chi connectivity index (χ1n) is 6.35. The van der Waals surface area contributed by atoms with Crippen LogP contribution in [0.25, 0.3) is 16.8 Å². The molecule has 1 fully saturated rings. The van der Waals surface area contributed by atoms with Gasteiger partial charge in [-0.3, -0.25) is 4.40 Å². The number of rotatable bonds is 2. The fourth-order valence-corrected chi connectivity index (χ4v) is 2.72. The number of hydrogen-bond donors (Lipinski definition) is 2. The predicted molar refractivity (Wildman–Crippen MR) is 68.5 cm³/mol. The molecule has 3 heterocycles. The summed E-state index contributed by atoms with van der Waals surface area (Å²) in [4.78, 5) is 7.41. The average Bonchev–Trinajstić information content (AvgIpc) is 3.08. The van der Waals surface area contributed by atoms with E-state index < -0.39 is 0 Å². The molecule has 0 amide bonds. The third-order valence-corrected chi connectivity index (χ3v) is 3.63. The Morgan fingerprint density at radius 2 is 2.17 bits per heavy atom. The minimum absolute atomic E-state index is 0.527. The Bertz CT molecular complexity index is 691. The fourth-order valence-electron chi connectivity index (χ4n) is 2.72. The van der Waals surface area contributed by atoms with Crippen molar-refractivity contribution in [3.8, 4) is 0 Å². The van der Waals surface area contributed by atoms with Crippen LogP contribution in [0.5, 0.6) is 0 Å². The van der Waals surface area contributed by atoms with E-state index in [1.807, 2.05) is 16.7 Å². The summed E-state index contributed by atoms with van der Waals surface area (Å²) in [7, 11) is 0. The molecule has 0 aliphatic heterocycles. The van der Waals surface area contributed by atoms with Crippen molar-refractivity contribution in [1.82, 2.24) is 24.6 Å². The van der Waals surface area contributed by atoms with Crippen LogP contribution < -0.4 is 5.32 Å². The molecule has 0 bridgehead atoms. The first kappa shape index (κ1) is 9.87. The largest absolute Gasteiger partial charge is 0.351 e. The highest BCUT2D eigenvalue weighted by molar-refractivity contribution is 5.75. The first-order chi connectivity index (χ1) is 8.92. The van der Waals surface area contributed by atoms with Gasteiger partial charge >= 0.3 is 0 Å². The minimum atomic E-state index is 0.527. The summed E-state index contributed by atoms with van der Waals surface area (Å²) >= 11 is 0. The van der Waals surface area contributed by atoms with E-state index in [2.05, 4.69) is 25.5 Å². The molecule has 6 nitrogen and oxygen atoms in total. The second-order valence-electron chi connectivity index (χ2n) is 4.81. The minimum Gasteiger partial charge on any atom is -0.351 e. The molecule has 6 heteroatoms. The van der Waals surface area contributed by atoms with Crippen molar-refractivity contribution >= 4 is 22.8 Å². The molecule has 0 atom stereocenters. The lowest BCUT2D eigenvalue weighted by atomic mass is 10.2. The molecule has 0 radical (unpaired) electrons. The van der Waals surface area contributed by atoms with E-state index in [1.165, 1.54) is 25.7 Å². The van der Waals surface area contributed by atoms with Crippen molar-refractivity contribution in [3.63, 3.8) is 0 Å². The van der Waals surface area contributed by atoms with Crippen LogP contribution in [0, 0.1) is 0 Å². The van der Waals surface area contributed by atoms with Crippen LogP contribution in [0.15, 0.2) is 18.5 Å². The van der Waals surface area contributed by atoms with E-state index >= 15 is 0 Å². The van der Waals surface area contributed by atoms with E-state index in [1.54, 1.807) is 6.20 Å². The van der Waals surface area contributed by atoms with Crippen LogP contribution in [-0.2, 0) is 0 Å². The van der Waals surface area contributed by atoms with E-state index in [4.69, 9.17) is 0 Å². The Balaban J connectivity index is 1.86. The Hall–Kier alpha value is -2.11. The van der Waals surface area contributed by atoms with Crippen LogP contribution in [0.3, 0.4) is 0 Å². The lowest BCUT2D eigenvalue weighted by Gasteiger charge is -2.11. The number of aromatic nitrogens is 5. The predicted octanol–water partition coefficient (Wildman–Crippen LogP) is 1.96. The first-order valence-corrected chi connectivity index (χ1v) is 6.35. The highest BCUT2D eigenvalue weighted by Gasteiger charge is 2.18. The highest BCUT2D eigenvalue weighted by atomic mass is 15.3. The van der Waals surface area contributed by atoms with Crippen molar-refractivity contribution in [1.29, 1.82) is 0 Å². The van der Waals surface area contributed by atoms with Gasteiger partial charge in [-0.1, -0.05) is 12.8 Å². The van der Waals surface area contributed by atoms with Gasteiger partial charge in [0.2, 0.25) is 5.95 Å². The van der Waals surface area contributed by atoms with Crippen molar-refractivity contribution in [2.24, 2.45) is 0 Å². The number of nitrogens with one attached hydrogen (secondary N) is 2. The van der Waals surface area contributed by atoms with Gasteiger partial charge in [0.25, 0.3) is 0 Å². The molecule has 0 unspecified atom stereocenters. The SMILES string of the molecule is c1cc2c(ncc3nnc(NC4CCCC4)n32)[nH]1. The molecule has 1 saturated carbocycles. The Morgan fingerprint density at radius 1 is 1.28 bits per heavy atom. The van der Waals surface area contributed by atoms with Crippen LogP contribution in [0.1, 0.15) is 25.7 Å². The normalized spacial score (nSPS) is 16.9. The van der Waals surface area contributed by atoms with Crippen LogP contribution >= 0.6 is 0 Å². The lowest BCUT2D eigenvalue weighted by molar-refractivity contribution is 0.743. The fraction of sp³-hybridized carbons (Fsp3) is 0.417. The smallest absolute Gasteiger partial charge is 0.229 e. The summed E-state index contributed by atoms with van der Waals surface area (Å²) in [5.41, 5.74) is 2.65. The summed E-state index contributed by atoms with van der Waals surface area (Å²) in [6.07, 6.45) is 8.67. The van der Waals surface area contributed by atoms with E-state index in [0.717, 1.165) is 22.8 Å². The standard InChI is InChI=1S/C12H14N6/c1-2-4-8(3-1)15-12-17-16-10-7-14-11-9(18(10)12)5-6-13-11/h5-8,13H,1-4H2,(H,15,17). The van der Waals surface area contributed by atoms with Crippen LogP contribution in [0.2, 0.25) is 0 Å². The average molecular weight is 242 g/mol. The monoisotopic (exact) mass is 242 g/mol. The van der Waals surface area contributed by atoms with Crippen LogP contribution in [-0.4, -0.2) is 30.6 Å². The Kier molecular flexibility index (Phi) is 2.03. The molecule has 1 aliphatic rings. The van der Waals surface area contributed by atoms with Crippen molar-refractivity contribution < 1.29 is 0 Å². The summed E-state index contributed by atoms with van der Waals surface area (Å²) in [5, 5.41) is 11.9. The van der Waals surface area contributed by atoms with Gasteiger partial charge < -0.3 is 10.3 Å². The number of H-pyrrole nitrogens is 1. The van der Waals surface area contributed by atoms with Gasteiger partial charge in [0.05, 0.1) is 11.7 Å². The maximum absolute atomic E-state index is 4.31. The molecule has 18 heavy (non-hydrogen) atoms. The van der Waals surface area contributed by atoms with E-state index in [9.17, 15) is 0 Å². The molecule has 0 saturated heterocycles. The van der Waals surface area contributed by atoms with E-state index in [0.29, 0.717) is 6.04 Å². The summed E-state index contributed by atoms with van der Waals surface area (Å²) in [6.45, 7) is 0. The van der Waals surface area contributed by atoms with Gasteiger partial charge in [-0.25, -0.2) is 4.98 Å². The quantitative estimate of drug-likeness (QED) is 0.720. The molecule has 3 aromatic rings. The summed E-state index contributed by atoms with van der Waals surface area (Å²) in [5.74, 6) is 0.823. The Morgan fingerprint density at radius 3 is 3.06 bits per heavy atom. The van der Waals surface area contributed by atoms with Gasteiger partial charge in [0, 0.05) is 12.2 Å². The van der Waals surface area contributed by atoms with Crippen molar-refractivity contribution in [2.75, 3.05) is 5.32 Å². The molecular formula is C12H14N6. The number of fused-ring (bicyclic) bond motifs is 3. The van der Waals surface area contributed by atoms with Crippen molar-refractivity contribution in [2.45, 2.75) is 31.7 Å². The Labute approximate surface area is 103 Å². The number of hydrogen-bond acceptors (Lipinski definition) is 4. The molecule has 2 N–H and O–H groups in total. The number of nitrogens with zero attached hydrogens (tertiary/aromatic N) is 4. The zero-order chi connectivity index (χ0) is 11.9. The van der Waals surface area contributed by atoms with Crippen LogP contribution in [0.4, 0.5) is 5.95 Å². The summed E-state index contributed by atoms with van der Waals surface area (Å²) < 4.78 is 2.02. The second kappa shape index (κ2) is 3.69. The highest BCUT2D eigenvalue weighted by Crippen LogP contribution is 2.23. The third kappa shape index (κ3) is 1.38. The second-order valence-corrected chi connectivity index (χ2v) is 4.81. The number of anilines is 1. The topological polar surface area (TPSA) is 70.9 Å². The van der Waals surface area contributed by atoms with Gasteiger partial charge in [0.1, 0.15) is 0 Å². The molecule has 92 valence electrons. The third-order valence-electron chi connectivity index (χ3n) is 3.63. The molecule has 0 aromatic carbocycles. The molecular weight excluding hydrogens is 228 g/mol. The molecule has 4 rings (SSSR count). The van der Waals surface area contributed by atoms with E-state index in [-0.39, 0.29) is 0 Å². The van der Waals surface area contributed by atoms with Crippen molar-refractivity contribution in [3.05, 3.63) is 18.5 Å². The summed E-state index contributed by atoms with van der Waals surface area (Å²) in [6, 6.07) is 2.53. The van der Waals surface area contributed by atoms with Gasteiger partial charge in [-0.05, 0) is 18.9 Å². The zero-order valence-electron chi connectivity index (χ0n) is 9.93. The number of aromatic amines is 1. The maximum Gasteiger partial charge on any atom is 0.229 e. The van der Waals surface area contributed by atoms with Gasteiger partial charge in [0.15, 0.2) is 11.3 Å².